The van der Waals surface area contributed by atoms with Gasteiger partial charge in [0.05, 0.1) is 25.2 Å². The van der Waals surface area contributed by atoms with E-state index in [1.54, 1.807) is 6.07 Å². The van der Waals surface area contributed by atoms with Crippen LogP contribution >= 0.6 is 31.9 Å². The van der Waals surface area contributed by atoms with E-state index in [-0.39, 0.29) is 12.4 Å². The monoisotopic (exact) mass is 345 g/mol. The number of esters is 1. The molecule has 0 aliphatic heterocycles. The predicted molar refractivity (Wildman–Crippen MR) is 67.2 cm³/mol. The third-order valence-electron chi connectivity index (χ3n) is 2.12. The van der Waals surface area contributed by atoms with Gasteiger partial charge in [-0.15, -0.1) is 0 Å². The summed E-state index contributed by atoms with van der Waals surface area (Å²) in [6.07, 6.45) is 0.172. The van der Waals surface area contributed by atoms with Crippen molar-refractivity contribution in [1.82, 2.24) is 0 Å². The molecule has 0 aliphatic carbocycles. The summed E-state index contributed by atoms with van der Waals surface area (Å²) in [5.41, 5.74) is 2.19. The Labute approximate surface area is 111 Å². The van der Waals surface area contributed by atoms with Crippen LogP contribution in [0.1, 0.15) is 16.7 Å². The van der Waals surface area contributed by atoms with Gasteiger partial charge in [-0.1, -0.05) is 31.9 Å². The average Bonchev–Trinajstić information content (AvgIpc) is 2.28. The van der Waals surface area contributed by atoms with Crippen LogP contribution in [-0.4, -0.2) is 13.1 Å². The molecule has 0 spiro atoms. The summed E-state index contributed by atoms with van der Waals surface area (Å²) in [6, 6.07) is 5.67. The Morgan fingerprint density at radius 3 is 2.75 bits per heavy atom. The molecule has 16 heavy (non-hydrogen) atoms. The number of rotatable bonds is 3. The molecule has 1 rings (SSSR count). The van der Waals surface area contributed by atoms with Crippen LogP contribution in [0.25, 0.3) is 0 Å². The number of carbonyl (C=O) groups excluding carboxylic acids is 1. The molecule has 0 unspecified atom stereocenters. The maximum atomic E-state index is 11.2. The predicted octanol–water partition coefficient (Wildman–Crippen LogP) is 2.93. The van der Waals surface area contributed by atoms with E-state index in [9.17, 15) is 4.79 Å². The van der Waals surface area contributed by atoms with E-state index in [1.165, 1.54) is 7.11 Å². The van der Waals surface area contributed by atoms with Crippen LogP contribution < -0.4 is 0 Å². The fourth-order valence-corrected chi connectivity index (χ4v) is 2.50. The third kappa shape index (κ3) is 3.06. The molecule has 0 bridgehead atoms. The lowest BCUT2D eigenvalue weighted by molar-refractivity contribution is -0.139. The number of halogens is 2. The van der Waals surface area contributed by atoms with Crippen molar-refractivity contribution in [2.45, 2.75) is 11.8 Å². The van der Waals surface area contributed by atoms with Crippen LogP contribution in [0.2, 0.25) is 0 Å². The molecule has 5 heteroatoms. The lowest BCUT2D eigenvalue weighted by Crippen LogP contribution is -2.07. The largest absolute Gasteiger partial charge is 0.469 e. The van der Waals surface area contributed by atoms with Crippen LogP contribution in [0.3, 0.4) is 0 Å². The molecule has 0 saturated carbocycles. The molecule has 1 aromatic carbocycles. The first-order chi connectivity index (χ1) is 7.62. The molecule has 1 aromatic rings. The molecular weight excluding hydrogens is 338 g/mol. The number of methoxy groups -OCH3 is 1. The van der Waals surface area contributed by atoms with E-state index in [0.717, 1.165) is 15.6 Å². The lowest BCUT2D eigenvalue weighted by Gasteiger charge is -2.09. The highest BCUT2D eigenvalue weighted by Gasteiger charge is 2.12. The Morgan fingerprint density at radius 2 is 2.25 bits per heavy atom. The molecule has 0 aliphatic rings. The number of nitriles is 1. The van der Waals surface area contributed by atoms with Gasteiger partial charge in [-0.2, -0.15) is 5.26 Å². The summed E-state index contributed by atoms with van der Waals surface area (Å²) in [5.74, 6) is -0.316. The molecule has 0 saturated heterocycles. The first-order valence-corrected chi connectivity index (χ1v) is 6.38. The molecule has 0 N–H and O–H groups in total. The van der Waals surface area contributed by atoms with Crippen molar-refractivity contribution in [3.8, 4) is 6.07 Å². The normalized spacial score (nSPS) is 9.62. The fourth-order valence-electron chi connectivity index (χ4n) is 1.34. The third-order valence-corrected chi connectivity index (χ3v) is 3.14. The van der Waals surface area contributed by atoms with E-state index < -0.39 is 0 Å². The highest BCUT2D eigenvalue weighted by atomic mass is 79.9. The van der Waals surface area contributed by atoms with E-state index >= 15 is 0 Å². The van der Waals surface area contributed by atoms with E-state index in [4.69, 9.17) is 5.26 Å². The second-order valence-electron chi connectivity index (χ2n) is 3.09. The average molecular weight is 347 g/mol. The second-order valence-corrected chi connectivity index (χ2v) is 4.57. The van der Waals surface area contributed by atoms with Gasteiger partial charge in [0.2, 0.25) is 0 Å². The maximum absolute atomic E-state index is 11.2. The lowest BCUT2D eigenvalue weighted by atomic mass is 10.0. The minimum Gasteiger partial charge on any atom is -0.469 e. The molecular formula is C11H9Br2NO2. The second kappa shape index (κ2) is 6.02. The molecule has 3 nitrogen and oxygen atoms in total. The van der Waals surface area contributed by atoms with Crippen LogP contribution in [0.5, 0.6) is 0 Å². The zero-order valence-electron chi connectivity index (χ0n) is 8.59. The molecule has 0 aromatic heterocycles. The zero-order valence-corrected chi connectivity index (χ0v) is 11.8. The van der Waals surface area contributed by atoms with Crippen LogP contribution in [0, 0.1) is 11.3 Å². The van der Waals surface area contributed by atoms with Gasteiger partial charge < -0.3 is 4.74 Å². The summed E-state index contributed by atoms with van der Waals surface area (Å²) < 4.78 is 5.40. The quantitative estimate of drug-likeness (QED) is 0.624. The van der Waals surface area contributed by atoms with Crippen molar-refractivity contribution in [1.29, 1.82) is 5.26 Å². The van der Waals surface area contributed by atoms with Crippen molar-refractivity contribution in [3.05, 3.63) is 33.3 Å². The van der Waals surface area contributed by atoms with E-state index in [0.29, 0.717) is 10.9 Å². The standard InChI is InChI=1S/C11H9Br2NO2/c1-16-11(15)4-7-2-9(13)3-8(6-14)10(7)5-12/h2-3H,4-5H2,1H3. The Kier molecular flexibility index (Phi) is 4.97. The summed E-state index contributed by atoms with van der Waals surface area (Å²) in [7, 11) is 1.35. The molecule has 0 heterocycles. The highest BCUT2D eigenvalue weighted by Crippen LogP contribution is 2.24. The van der Waals surface area contributed by atoms with E-state index in [2.05, 4.69) is 42.7 Å². The minimum absolute atomic E-state index is 0.172. The van der Waals surface area contributed by atoms with Crippen molar-refractivity contribution in [3.63, 3.8) is 0 Å². The first kappa shape index (κ1) is 13.2. The topological polar surface area (TPSA) is 50.1 Å². The van der Waals surface area contributed by atoms with Crippen LogP contribution in [0.15, 0.2) is 16.6 Å². The van der Waals surface area contributed by atoms with Gasteiger partial charge in [-0.05, 0) is 23.3 Å². The molecule has 0 atom stereocenters. The fraction of sp³-hybridized carbons (Fsp3) is 0.273. The number of benzene rings is 1. The van der Waals surface area contributed by atoms with Crippen molar-refractivity contribution in [2.75, 3.05) is 7.11 Å². The molecule has 0 radical (unpaired) electrons. The zero-order chi connectivity index (χ0) is 12.1. The number of alkyl halides is 1. The van der Waals surface area contributed by atoms with Crippen LogP contribution in [-0.2, 0) is 21.3 Å². The number of carbonyl (C=O) groups is 1. The first-order valence-electron chi connectivity index (χ1n) is 4.46. The number of hydrogen-bond acceptors (Lipinski definition) is 3. The molecule has 84 valence electrons. The smallest absolute Gasteiger partial charge is 0.309 e. The van der Waals surface area contributed by atoms with Gasteiger partial charge in [0.15, 0.2) is 0 Å². The van der Waals surface area contributed by atoms with Gasteiger partial charge >= 0.3 is 5.97 Å². The Hall–Kier alpha value is -0.860. The Morgan fingerprint density at radius 1 is 1.56 bits per heavy atom. The van der Waals surface area contributed by atoms with Crippen LogP contribution in [0.4, 0.5) is 0 Å². The summed E-state index contributed by atoms with van der Waals surface area (Å²) >= 11 is 6.63. The minimum atomic E-state index is -0.316. The molecule has 0 amide bonds. The number of nitrogens with zero attached hydrogens (tertiary/aromatic N) is 1. The summed E-state index contributed by atoms with van der Waals surface area (Å²) in [4.78, 5) is 11.2. The van der Waals surface area contributed by atoms with Gasteiger partial charge in [-0.3, -0.25) is 4.79 Å². The van der Waals surface area contributed by atoms with Crippen molar-refractivity contribution >= 4 is 37.8 Å². The SMILES string of the molecule is COC(=O)Cc1cc(Br)cc(C#N)c1CBr. The van der Waals surface area contributed by atoms with Crippen molar-refractivity contribution < 1.29 is 9.53 Å². The summed E-state index contributed by atoms with van der Waals surface area (Å²) in [6.45, 7) is 0. The Balaban J connectivity index is 3.21. The number of hydrogen-bond donors (Lipinski definition) is 0. The number of ether oxygens (including phenoxy) is 1. The van der Waals surface area contributed by atoms with Gasteiger partial charge in [0.1, 0.15) is 0 Å². The Bertz CT molecular complexity index is 452. The maximum Gasteiger partial charge on any atom is 0.309 e. The van der Waals surface area contributed by atoms with Crippen molar-refractivity contribution in [2.24, 2.45) is 0 Å². The van der Waals surface area contributed by atoms with Gasteiger partial charge in [-0.25, -0.2) is 0 Å². The van der Waals surface area contributed by atoms with Gasteiger partial charge in [0.25, 0.3) is 0 Å². The van der Waals surface area contributed by atoms with E-state index in [1.807, 2.05) is 6.07 Å². The summed E-state index contributed by atoms with van der Waals surface area (Å²) in [5, 5.41) is 9.52. The highest BCUT2D eigenvalue weighted by molar-refractivity contribution is 9.10. The molecule has 0 fully saturated rings. The van der Waals surface area contributed by atoms with Gasteiger partial charge in [0, 0.05) is 9.80 Å².